The van der Waals surface area contributed by atoms with E-state index in [0.29, 0.717) is 21.9 Å². The molecule has 3 heterocycles. The maximum atomic E-state index is 12.8. The summed E-state index contributed by atoms with van der Waals surface area (Å²) in [5.74, 6) is 0.632. The highest BCUT2D eigenvalue weighted by molar-refractivity contribution is 7.21. The highest BCUT2D eigenvalue weighted by atomic mass is 32.1. The molecule has 118 valence electrons. The Balaban J connectivity index is 1.96. The molecule has 0 unspecified atom stereocenters. The SMILES string of the molecule is Cc1cc(-c2ccco2)c2c(N)c(C(=O)c3ccccc3)sc2n1. The van der Waals surface area contributed by atoms with Gasteiger partial charge in [-0.25, -0.2) is 4.98 Å². The number of carbonyl (C=O) groups is 1. The van der Waals surface area contributed by atoms with Crippen molar-refractivity contribution in [3.8, 4) is 11.3 Å². The Morgan fingerprint density at radius 3 is 2.67 bits per heavy atom. The molecule has 0 saturated carbocycles. The van der Waals surface area contributed by atoms with Gasteiger partial charge in [0.15, 0.2) is 0 Å². The molecule has 0 aliphatic rings. The number of nitrogen functional groups attached to an aromatic ring is 1. The van der Waals surface area contributed by atoms with E-state index in [1.165, 1.54) is 11.3 Å². The predicted octanol–water partition coefficient (Wildman–Crippen LogP) is 4.68. The summed E-state index contributed by atoms with van der Waals surface area (Å²) in [5.41, 5.74) is 9.14. The lowest BCUT2D eigenvalue weighted by Crippen LogP contribution is -2.01. The van der Waals surface area contributed by atoms with Gasteiger partial charge >= 0.3 is 0 Å². The highest BCUT2D eigenvalue weighted by Crippen LogP contribution is 2.40. The zero-order valence-electron chi connectivity index (χ0n) is 12.9. The van der Waals surface area contributed by atoms with Crippen LogP contribution in [0.5, 0.6) is 0 Å². The molecule has 0 spiro atoms. The van der Waals surface area contributed by atoms with Crippen LogP contribution in [0.4, 0.5) is 5.69 Å². The van der Waals surface area contributed by atoms with Crippen molar-refractivity contribution in [1.29, 1.82) is 0 Å². The van der Waals surface area contributed by atoms with E-state index in [-0.39, 0.29) is 5.78 Å². The summed E-state index contributed by atoms with van der Waals surface area (Å²) < 4.78 is 5.53. The normalized spacial score (nSPS) is 11.0. The number of nitrogens with two attached hydrogens (primary N) is 1. The van der Waals surface area contributed by atoms with Crippen LogP contribution < -0.4 is 5.73 Å². The van der Waals surface area contributed by atoms with Crippen molar-refractivity contribution < 1.29 is 9.21 Å². The molecule has 4 nitrogen and oxygen atoms in total. The number of rotatable bonds is 3. The minimum absolute atomic E-state index is 0.0841. The summed E-state index contributed by atoms with van der Waals surface area (Å²) in [6.07, 6.45) is 1.62. The highest BCUT2D eigenvalue weighted by Gasteiger charge is 2.22. The summed E-state index contributed by atoms with van der Waals surface area (Å²) >= 11 is 1.33. The smallest absolute Gasteiger partial charge is 0.205 e. The van der Waals surface area contributed by atoms with E-state index in [1.807, 2.05) is 43.3 Å². The number of pyridine rings is 1. The van der Waals surface area contributed by atoms with Crippen LogP contribution in [0.25, 0.3) is 21.5 Å². The van der Waals surface area contributed by atoms with Crippen LogP contribution in [0, 0.1) is 6.92 Å². The van der Waals surface area contributed by atoms with Crippen LogP contribution >= 0.6 is 11.3 Å². The van der Waals surface area contributed by atoms with Crippen LogP contribution in [0.1, 0.15) is 20.9 Å². The molecule has 0 bridgehead atoms. The molecule has 0 radical (unpaired) electrons. The molecule has 24 heavy (non-hydrogen) atoms. The lowest BCUT2D eigenvalue weighted by atomic mass is 10.0. The Bertz CT molecular complexity index is 1030. The van der Waals surface area contributed by atoms with E-state index in [9.17, 15) is 4.79 Å². The molecule has 0 saturated heterocycles. The predicted molar refractivity (Wildman–Crippen MR) is 96.3 cm³/mol. The number of anilines is 1. The molecule has 0 fully saturated rings. The molecule has 5 heteroatoms. The average Bonchev–Trinajstić information content (AvgIpc) is 3.23. The third-order valence-corrected chi connectivity index (χ3v) is 4.95. The van der Waals surface area contributed by atoms with Crippen LogP contribution in [-0.2, 0) is 0 Å². The Kier molecular flexibility index (Phi) is 3.43. The fourth-order valence-electron chi connectivity index (χ4n) is 2.76. The number of hydrogen-bond acceptors (Lipinski definition) is 5. The van der Waals surface area contributed by atoms with Crippen molar-refractivity contribution >= 4 is 33.0 Å². The Labute approximate surface area is 142 Å². The molecule has 4 rings (SSSR count). The van der Waals surface area contributed by atoms with Crippen LogP contribution in [0.15, 0.2) is 59.2 Å². The minimum atomic E-state index is -0.0841. The van der Waals surface area contributed by atoms with E-state index >= 15 is 0 Å². The van der Waals surface area contributed by atoms with E-state index in [2.05, 4.69) is 4.98 Å². The van der Waals surface area contributed by atoms with Gasteiger partial charge in [0, 0.05) is 22.2 Å². The first-order valence-corrected chi connectivity index (χ1v) is 8.30. The Morgan fingerprint density at radius 1 is 1.17 bits per heavy atom. The number of benzene rings is 1. The van der Waals surface area contributed by atoms with Crippen molar-refractivity contribution in [3.05, 3.63) is 70.9 Å². The van der Waals surface area contributed by atoms with Crippen molar-refractivity contribution in [2.45, 2.75) is 6.92 Å². The van der Waals surface area contributed by atoms with Crippen molar-refractivity contribution in [2.24, 2.45) is 0 Å². The maximum absolute atomic E-state index is 12.8. The van der Waals surface area contributed by atoms with Gasteiger partial charge in [0.05, 0.1) is 12.0 Å². The summed E-state index contributed by atoms with van der Waals surface area (Å²) in [5, 5.41) is 0.778. The number of thiophene rings is 1. The zero-order valence-corrected chi connectivity index (χ0v) is 13.8. The molecule has 1 aromatic carbocycles. The fraction of sp³-hybridized carbons (Fsp3) is 0.0526. The first-order chi connectivity index (χ1) is 11.6. The van der Waals surface area contributed by atoms with Gasteiger partial charge in [-0.2, -0.15) is 0 Å². The number of aromatic nitrogens is 1. The number of nitrogens with zero attached hydrogens (tertiary/aromatic N) is 1. The maximum Gasteiger partial charge on any atom is 0.205 e. The molecule has 3 aromatic heterocycles. The zero-order chi connectivity index (χ0) is 16.7. The topological polar surface area (TPSA) is 69.1 Å². The number of carbonyl (C=O) groups excluding carboxylic acids is 1. The van der Waals surface area contributed by atoms with Gasteiger partial charge in [-0.05, 0) is 25.1 Å². The number of fused-ring (bicyclic) bond motifs is 1. The fourth-order valence-corrected chi connectivity index (χ4v) is 3.89. The van der Waals surface area contributed by atoms with Gasteiger partial charge in [-0.3, -0.25) is 4.79 Å². The number of aryl methyl sites for hydroxylation is 1. The van der Waals surface area contributed by atoms with E-state index in [4.69, 9.17) is 10.2 Å². The Hall–Kier alpha value is -2.92. The second-order valence-corrected chi connectivity index (χ2v) is 6.51. The molecule has 4 aromatic rings. The van der Waals surface area contributed by atoms with E-state index in [1.54, 1.807) is 18.4 Å². The lowest BCUT2D eigenvalue weighted by Gasteiger charge is -2.03. The molecule has 0 atom stereocenters. The summed E-state index contributed by atoms with van der Waals surface area (Å²) in [6.45, 7) is 1.92. The summed E-state index contributed by atoms with van der Waals surface area (Å²) in [4.78, 5) is 18.6. The third kappa shape index (κ3) is 2.30. The second kappa shape index (κ2) is 5.62. The van der Waals surface area contributed by atoms with Crippen LogP contribution in [-0.4, -0.2) is 10.8 Å². The quantitative estimate of drug-likeness (QED) is 0.552. The van der Waals surface area contributed by atoms with Crippen molar-refractivity contribution in [3.63, 3.8) is 0 Å². The minimum Gasteiger partial charge on any atom is -0.464 e. The van der Waals surface area contributed by atoms with Gasteiger partial charge in [0.25, 0.3) is 0 Å². The molecule has 0 aliphatic carbocycles. The van der Waals surface area contributed by atoms with Crippen molar-refractivity contribution in [1.82, 2.24) is 4.98 Å². The number of furan rings is 1. The molecular weight excluding hydrogens is 320 g/mol. The van der Waals surface area contributed by atoms with Crippen molar-refractivity contribution in [2.75, 3.05) is 5.73 Å². The summed E-state index contributed by atoms with van der Waals surface area (Å²) in [7, 11) is 0. The molecule has 0 amide bonds. The second-order valence-electron chi connectivity index (χ2n) is 5.51. The molecular formula is C19H14N2O2S. The largest absolute Gasteiger partial charge is 0.464 e. The Morgan fingerprint density at radius 2 is 1.96 bits per heavy atom. The van der Waals surface area contributed by atoms with Gasteiger partial charge < -0.3 is 10.2 Å². The van der Waals surface area contributed by atoms with Gasteiger partial charge in [-0.15, -0.1) is 11.3 Å². The third-order valence-electron chi connectivity index (χ3n) is 3.86. The van der Waals surface area contributed by atoms with E-state index in [0.717, 1.165) is 21.5 Å². The lowest BCUT2D eigenvalue weighted by molar-refractivity contribution is 0.104. The van der Waals surface area contributed by atoms with Gasteiger partial charge in [0.1, 0.15) is 15.5 Å². The average molecular weight is 334 g/mol. The standard InChI is InChI=1S/C19H14N2O2S/c1-11-10-13(14-8-5-9-23-14)15-16(20)18(24-19(15)21-11)17(22)12-6-3-2-4-7-12/h2-10H,20H2,1H3. The number of ketones is 1. The van der Waals surface area contributed by atoms with Gasteiger partial charge in [0.2, 0.25) is 5.78 Å². The first-order valence-electron chi connectivity index (χ1n) is 7.48. The summed E-state index contributed by atoms with van der Waals surface area (Å²) in [6, 6.07) is 14.8. The first kappa shape index (κ1) is 14.7. The van der Waals surface area contributed by atoms with Gasteiger partial charge in [-0.1, -0.05) is 30.3 Å². The van der Waals surface area contributed by atoms with Crippen LogP contribution in [0.3, 0.4) is 0 Å². The van der Waals surface area contributed by atoms with Crippen LogP contribution in [0.2, 0.25) is 0 Å². The molecule has 2 N–H and O–H groups in total. The number of hydrogen-bond donors (Lipinski definition) is 1. The molecule has 0 aliphatic heterocycles. The van der Waals surface area contributed by atoms with E-state index < -0.39 is 0 Å². The monoisotopic (exact) mass is 334 g/mol.